The van der Waals surface area contributed by atoms with Crippen molar-refractivity contribution in [2.45, 2.75) is 25.8 Å². The summed E-state index contributed by atoms with van der Waals surface area (Å²) in [6.07, 6.45) is 3.75. The highest BCUT2D eigenvalue weighted by molar-refractivity contribution is 5.76. The molecule has 1 aliphatic rings. The summed E-state index contributed by atoms with van der Waals surface area (Å²) < 4.78 is 0. The number of primary amides is 1. The normalized spacial score (nSPS) is 23.1. The summed E-state index contributed by atoms with van der Waals surface area (Å²) in [6, 6.07) is 0.284. The minimum absolute atomic E-state index is 0.282. The second kappa shape index (κ2) is 5.59. The maximum atomic E-state index is 10.7. The fraction of sp³-hybridized carbons (Fsp3) is 0.778. The third kappa shape index (κ3) is 3.33. The van der Waals surface area contributed by atoms with E-state index in [0.717, 1.165) is 19.4 Å². The molecule has 1 amide bonds. The zero-order valence-electron chi connectivity index (χ0n) is 8.48. The van der Waals surface area contributed by atoms with Gasteiger partial charge in [0.2, 0.25) is 5.91 Å². The number of rotatable bonds is 5. The first-order valence-electron chi connectivity index (χ1n) is 4.86. The molecular weight excluding hydrogens is 182 g/mol. The highest BCUT2D eigenvalue weighted by Crippen LogP contribution is 2.16. The average Bonchev–Trinajstić information content (AvgIpc) is 2.52. The Morgan fingerprint density at radius 1 is 1.79 bits per heavy atom. The van der Waals surface area contributed by atoms with Crippen LogP contribution in [0.3, 0.4) is 0 Å². The van der Waals surface area contributed by atoms with Gasteiger partial charge in [-0.25, -0.2) is 0 Å². The summed E-state index contributed by atoms with van der Waals surface area (Å²) in [5.74, 6) is -0.282. The van der Waals surface area contributed by atoms with E-state index in [2.05, 4.69) is 5.16 Å². The second-order valence-corrected chi connectivity index (χ2v) is 3.39. The van der Waals surface area contributed by atoms with Gasteiger partial charge in [0.1, 0.15) is 6.61 Å². The van der Waals surface area contributed by atoms with Crippen LogP contribution in [0.2, 0.25) is 0 Å². The number of likely N-dealkylation sites (tertiary alicyclic amines) is 1. The van der Waals surface area contributed by atoms with Gasteiger partial charge in [0, 0.05) is 12.3 Å². The zero-order valence-corrected chi connectivity index (χ0v) is 8.48. The largest absolute Gasteiger partial charge is 0.394 e. The van der Waals surface area contributed by atoms with Crippen molar-refractivity contribution in [1.82, 2.24) is 4.90 Å². The minimum atomic E-state index is -0.282. The molecule has 0 bridgehead atoms. The number of amides is 1. The molecule has 0 aromatic carbocycles. The van der Waals surface area contributed by atoms with Gasteiger partial charge in [-0.3, -0.25) is 9.69 Å². The molecule has 0 saturated carbocycles. The predicted molar refractivity (Wildman–Crippen MR) is 53.9 cm³/mol. The van der Waals surface area contributed by atoms with Crippen molar-refractivity contribution in [3.8, 4) is 0 Å². The summed E-state index contributed by atoms with van der Waals surface area (Å²) >= 11 is 0. The summed E-state index contributed by atoms with van der Waals surface area (Å²) in [5, 5.41) is 3.68. The number of carbonyl (C=O) groups is 1. The zero-order chi connectivity index (χ0) is 10.4. The van der Waals surface area contributed by atoms with Gasteiger partial charge in [0.05, 0.1) is 6.54 Å². The SMILES string of the molecule is C/C=N/OC[C@@H]1CCCN1CC(N)=O. The molecular formula is C9H17N3O2. The lowest BCUT2D eigenvalue weighted by molar-refractivity contribution is -0.119. The fourth-order valence-corrected chi connectivity index (χ4v) is 1.70. The van der Waals surface area contributed by atoms with Crippen molar-refractivity contribution >= 4 is 12.1 Å². The van der Waals surface area contributed by atoms with Crippen LogP contribution in [0.5, 0.6) is 0 Å². The molecule has 1 aliphatic heterocycles. The molecule has 0 radical (unpaired) electrons. The van der Waals surface area contributed by atoms with Crippen LogP contribution in [0.1, 0.15) is 19.8 Å². The molecule has 0 aromatic rings. The molecule has 2 N–H and O–H groups in total. The lowest BCUT2D eigenvalue weighted by atomic mass is 10.2. The summed E-state index contributed by atoms with van der Waals surface area (Å²) in [7, 11) is 0. The van der Waals surface area contributed by atoms with Crippen LogP contribution in [0.25, 0.3) is 0 Å². The molecule has 0 spiro atoms. The van der Waals surface area contributed by atoms with Crippen molar-refractivity contribution < 1.29 is 9.63 Å². The standard InChI is InChI=1S/C9H17N3O2/c1-2-11-14-7-8-4-3-5-12(8)6-9(10)13/h2,8H,3-7H2,1H3,(H2,10,13)/b11-2+/t8-/m0/s1. The van der Waals surface area contributed by atoms with E-state index in [-0.39, 0.29) is 11.9 Å². The first kappa shape index (κ1) is 11.0. The first-order valence-corrected chi connectivity index (χ1v) is 4.86. The van der Waals surface area contributed by atoms with Gasteiger partial charge in [-0.1, -0.05) is 5.16 Å². The van der Waals surface area contributed by atoms with Crippen molar-refractivity contribution in [2.24, 2.45) is 10.9 Å². The highest BCUT2D eigenvalue weighted by Gasteiger charge is 2.25. The average molecular weight is 199 g/mol. The van der Waals surface area contributed by atoms with Gasteiger partial charge < -0.3 is 10.6 Å². The highest BCUT2D eigenvalue weighted by atomic mass is 16.6. The van der Waals surface area contributed by atoms with Gasteiger partial charge in [0.25, 0.3) is 0 Å². The molecule has 5 heteroatoms. The van der Waals surface area contributed by atoms with E-state index in [1.807, 2.05) is 4.90 Å². The molecule has 1 heterocycles. The molecule has 0 aliphatic carbocycles. The fourth-order valence-electron chi connectivity index (χ4n) is 1.70. The van der Waals surface area contributed by atoms with E-state index in [4.69, 9.17) is 10.6 Å². The van der Waals surface area contributed by atoms with Crippen LogP contribution in [-0.2, 0) is 9.63 Å². The number of nitrogens with zero attached hydrogens (tertiary/aromatic N) is 2. The van der Waals surface area contributed by atoms with Crippen LogP contribution in [-0.4, -0.2) is 42.8 Å². The molecule has 1 rings (SSSR count). The maximum absolute atomic E-state index is 10.7. The molecule has 14 heavy (non-hydrogen) atoms. The Labute approximate surface area is 83.9 Å². The van der Waals surface area contributed by atoms with Crippen LogP contribution < -0.4 is 5.73 Å². The van der Waals surface area contributed by atoms with Gasteiger partial charge >= 0.3 is 0 Å². The molecule has 80 valence electrons. The van der Waals surface area contributed by atoms with Gasteiger partial charge in [0.15, 0.2) is 0 Å². The lowest BCUT2D eigenvalue weighted by Crippen LogP contribution is -2.39. The first-order chi connectivity index (χ1) is 6.74. The van der Waals surface area contributed by atoms with Crippen LogP contribution in [0, 0.1) is 0 Å². The molecule has 0 aromatic heterocycles. The van der Waals surface area contributed by atoms with Crippen LogP contribution in [0.4, 0.5) is 0 Å². The van der Waals surface area contributed by atoms with E-state index >= 15 is 0 Å². The van der Waals surface area contributed by atoms with E-state index in [1.54, 1.807) is 13.1 Å². The number of nitrogens with two attached hydrogens (primary N) is 1. The van der Waals surface area contributed by atoms with E-state index in [0.29, 0.717) is 13.2 Å². The number of hydrogen-bond donors (Lipinski definition) is 1. The van der Waals surface area contributed by atoms with Crippen molar-refractivity contribution in [3.63, 3.8) is 0 Å². The smallest absolute Gasteiger partial charge is 0.231 e. The van der Waals surface area contributed by atoms with Gasteiger partial charge in [-0.2, -0.15) is 0 Å². The maximum Gasteiger partial charge on any atom is 0.231 e. The number of oxime groups is 1. The van der Waals surface area contributed by atoms with E-state index in [9.17, 15) is 4.79 Å². The molecule has 1 fully saturated rings. The predicted octanol–water partition coefficient (Wildman–Crippen LogP) is -0.0416. The van der Waals surface area contributed by atoms with Gasteiger partial charge in [-0.15, -0.1) is 0 Å². The Morgan fingerprint density at radius 3 is 3.21 bits per heavy atom. The molecule has 0 unspecified atom stereocenters. The number of hydrogen-bond acceptors (Lipinski definition) is 4. The lowest BCUT2D eigenvalue weighted by Gasteiger charge is -2.21. The third-order valence-electron chi connectivity index (χ3n) is 2.30. The Kier molecular flexibility index (Phi) is 4.39. The quantitative estimate of drug-likeness (QED) is 0.499. The van der Waals surface area contributed by atoms with Crippen LogP contribution >= 0.6 is 0 Å². The minimum Gasteiger partial charge on any atom is -0.394 e. The summed E-state index contributed by atoms with van der Waals surface area (Å²) in [5.41, 5.74) is 5.14. The topological polar surface area (TPSA) is 67.9 Å². The Hall–Kier alpha value is -1.10. The summed E-state index contributed by atoms with van der Waals surface area (Å²) in [4.78, 5) is 17.8. The second-order valence-electron chi connectivity index (χ2n) is 3.39. The molecule has 1 saturated heterocycles. The molecule has 5 nitrogen and oxygen atoms in total. The molecule has 1 atom stereocenters. The van der Waals surface area contributed by atoms with E-state index in [1.165, 1.54) is 0 Å². The third-order valence-corrected chi connectivity index (χ3v) is 2.30. The summed E-state index contributed by atoms with van der Waals surface area (Å²) in [6.45, 7) is 3.59. The monoisotopic (exact) mass is 199 g/mol. The van der Waals surface area contributed by atoms with E-state index < -0.39 is 0 Å². The van der Waals surface area contributed by atoms with Crippen molar-refractivity contribution in [3.05, 3.63) is 0 Å². The van der Waals surface area contributed by atoms with Gasteiger partial charge in [-0.05, 0) is 26.3 Å². The van der Waals surface area contributed by atoms with Crippen molar-refractivity contribution in [1.29, 1.82) is 0 Å². The van der Waals surface area contributed by atoms with Crippen molar-refractivity contribution in [2.75, 3.05) is 19.7 Å². The Bertz CT molecular complexity index is 218. The number of carbonyl (C=O) groups excluding carboxylic acids is 1. The Morgan fingerprint density at radius 2 is 2.57 bits per heavy atom. The van der Waals surface area contributed by atoms with Crippen LogP contribution in [0.15, 0.2) is 5.16 Å². The Balaban J connectivity index is 2.31.